The number of pyridine rings is 1. The zero-order chi connectivity index (χ0) is 24.9. The molecule has 9 heteroatoms. The molecule has 4 heterocycles. The standard InChI is InChI=1S/C26H34ClN7O/c1-5-32-11-13-33(14-12-32)10-8-6-7-9-20-16-34(25-22(20)24(27)30-26(28)31-25)17-21-19(3)23(35-4)18(2)15-29-21/h15-16H,5-6,8,10-14,17H2,1-4H3,(H2,28,30,31). The van der Waals surface area contributed by atoms with Crippen LogP contribution in [0.25, 0.3) is 11.0 Å². The summed E-state index contributed by atoms with van der Waals surface area (Å²) in [4.78, 5) is 18.3. The van der Waals surface area contributed by atoms with E-state index in [1.165, 1.54) is 0 Å². The lowest BCUT2D eigenvalue weighted by molar-refractivity contribution is 0.136. The van der Waals surface area contributed by atoms with Gasteiger partial charge in [0.05, 0.1) is 30.3 Å². The number of rotatable bonds is 7. The van der Waals surface area contributed by atoms with Gasteiger partial charge in [-0.05, 0) is 33.4 Å². The molecule has 1 aliphatic heterocycles. The van der Waals surface area contributed by atoms with Gasteiger partial charge in [0.15, 0.2) is 0 Å². The number of nitrogen functional groups attached to an aromatic ring is 1. The van der Waals surface area contributed by atoms with Crippen LogP contribution in [0.15, 0.2) is 12.4 Å². The molecule has 3 aromatic heterocycles. The lowest BCUT2D eigenvalue weighted by Gasteiger charge is -2.33. The van der Waals surface area contributed by atoms with Crippen molar-refractivity contribution in [2.45, 2.75) is 40.2 Å². The van der Waals surface area contributed by atoms with Crippen molar-refractivity contribution in [3.05, 3.63) is 39.9 Å². The quantitative estimate of drug-likeness (QED) is 0.305. The summed E-state index contributed by atoms with van der Waals surface area (Å²) < 4.78 is 7.56. The summed E-state index contributed by atoms with van der Waals surface area (Å²) in [5.41, 5.74) is 10.3. The molecule has 2 N–H and O–H groups in total. The Hall–Kier alpha value is -2.86. The maximum absolute atomic E-state index is 6.49. The molecule has 186 valence electrons. The Morgan fingerprint density at radius 2 is 1.89 bits per heavy atom. The molecular weight excluding hydrogens is 462 g/mol. The van der Waals surface area contributed by atoms with Crippen LogP contribution in [0.5, 0.6) is 5.75 Å². The highest BCUT2D eigenvalue weighted by Gasteiger charge is 2.17. The highest BCUT2D eigenvalue weighted by Crippen LogP contribution is 2.29. The van der Waals surface area contributed by atoms with Gasteiger partial charge in [0.2, 0.25) is 5.95 Å². The minimum Gasteiger partial charge on any atom is -0.496 e. The molecule has 35 heavy (non-hydrogen) atoms. The van der Waals surface area contributed by atoms with Gasteiger partial charge < -0.3 is 24.8 Å². The lowest BCUT2D eigenvalue weighted by Crippen LogP contribution is -2.46. The van der Waals surface area contributed by atoms with Crippen LogP contribution in [-0.2, 0) is 6.54 Å². The fraction of sp³-hybridized carbons (Fsp3) is 0.500. The largest absolute Gasteiger partial charge is 0.496 e. The third-order valence-corrected chi connectivity index (χ3v) is 6.94. The maximum atomic E-state index is 6.49. The highest BCUT2D eigenvalue weighted by molar-refractivity contribution is 6.34. The molecule has 0 radical (unpaired) electrons. The Bertz CT molecular complexity index is 1250. The smallest absolute Gasteiger partial charge is 0.223 e. The van der Waals surface area contributed by atoms with Crippen LogP contribution in [0.4, 0.5) is 5.95 Å². The van der Waals surface area contributed by atoms with Crippen LogP contribution in [0.2, 0.25) is 5.15 Å². The van der Waals surface area contributed by atoms with Gasteiger partial charge in [0.1, 0.15) is 16.5 Å². The first-order chi connectivity index (χ1) is 16.9. The number of aromatic nitrogens is 4. The van der Waals surface area contributed by atoms with Crippen molar-refractivity contribution in [2.24, 2.45) is 0 Å². The number of nitrogens with two attached hydrogens (primary N) is 1. The Kier molecular flexibility index (Phi) is 8.11. The van der Waals surface area contributed by atoms with E-state index < -0.39 is 0 Å². The number of halogens is 1. The van der Waals surface area contributed by atoms with Gasteiger partial charge in [-0.3, -0.25) is 4.98 Å². The van der Waals surface area contributed by atoms with Gasteiger partial charge in [-0.1, -0.05) is 30.4 Å². The van der Waals surface area contributed by atoms with Crippen molar-refractivity contribution in [3.8, 4) is 17.6 Å². The maximum Gasteiger partial charge on any atom is 0.223 e. The molecule has 8 nitrogen and oxygen atoms in total. The van der Waals surface area contributed by atoms with Crippen LogP contribution < -0.4 is 10.5 Å². The van der Waals surface area contributed by atoms with E-state index in [0.717, 1.165) is 85.6 Å². The number of aryl methyl sites for hydroxylation is 1. The molecule has 0 spiro atoms. The van der Waals surface area contributed by atoms with Crippen molar-refractivity contribution < 1.29 is 4.74 Å². The lowest BCUT2D eigenvalue weighted by atomic mass is 10.1. The number of fused-ring (bicyclic) bond motifs is 1. The van der Waals surface area contributed by atoms with Gasteiger partial charge >= 0.3 is 0 Å². The van der Waals surface area contributed by atoms with Gasteiger partial charge in [0.25, 0.3) is 0 Å². The van der Waals surface area contributed by atoms with E-state index in [-0.39, 0.29) is 5.95 Å². The first kappa shape index (κ1) is 25.2. The summed E-state index contributed by atoms with van der Waals surface area (Å²) in [5.74, 6) is 7.61. The first-order valence-electron chi connectivity index (χ1n) is 12.2. The van der Waals surface area contributed by atoms with Crippen molar-refractivity contribution >= 4 is 28.6 Å². The van der Waals surface area contributed by atoms with Crippen LogP contribution in [-0.4, -0.2) is 75.7 Å². The Balaban J connectivity index is 1.52. The summed E-state index contributed by atoms with van der Waals surface area (Å²) >= 11 is 6.49. The monoisotopic (exact) mass is 495 g/mol. The molecule has 1 saturated heterocycles. The van der Waals surface area contributed by atoms with Gasteiger partial charge in [0, 0.05) is 56.1 Å². The molecule has 0 bridgehead atoms. The predicted octanol–water partition coefficient (Wildman–Crippen LogP) is 3.50. The topological polar surface area (TPSA) is 85.3 Å². The molecule has 0 atom stereocenters. The molecule has 0 aromatic carbocycles. The van der Waals surface area contributed by atoms with Crippen LogP contribution in [0.3, 0.4) is 0 Å². The van der Waals surface area contributed by atoms with Gasteiger partial charge in [-0.25, -0.2) is 4.98 Å². The summed E-state index contributed by atoms with van der Waals surface area (Å²) in [6, 6.07) is 0. The molecule has 0 amide bonds. The number of nitrogens with zero attached hydrogens (tertiary/aromatic N) is 6. The van der Waals surface area contributed by atoms with E-state index >= 15 is 0 Å². The van der Waals surface area contributed by atoms with E-state index in [9.17, 15) is 0 Å². The van der Waals surface area contributed by atoms with Gasteiger partial charge in [-0.15, -0.1) is 0 Å². The van der Waals surface area contributed by atoms with Crippen molar-refractivity contribution in [1.29, 1.82) is 0 Å². The highest BCUT2D eigenvalue weighted by atomic mass is 35.5. The molecular formula is C26H34ClN7O. The molecule has 1 aliphatic rings. The molecule has 0 unspecified atom stereocenters. The number of hydrogen-bond acceptors (Lipinski definition) is 7. The average Bonchev–Trinajstić information content (AvgIpc) is 3.18. The summed E-state index contributed by atoms with van der Waals surface area (Å²) in [5, 5.41) is 1.04. The predicted molar refractivity (Wildman–Crippen MR) is 141 cm³/mol. The first-order valence-corrected chi connectivity index (χ1v) is 12.5. The van der Waals surface area contributed by atoms with Crippen LogP contribution >= 0.6 is 11.6 Å². The summed E-state index contributed by atoms with van der Waals surface area (Å²) in [6.45, 7) is 13.5. The molecule has 0 saturated carbocycles. The minimum atomic E-state index is 0.135. The van der Waals surface area contributed by atoms with E-state index in [1.54, 1.807) is 7.11 Å². The van der Waals surface area contributed by atoms with Crippen molar-refractivity contribution in [3.63, 3.8) is 0 Å². The second-order valence-corrected chi connectivity index (χ2v) is 9.33. The number of ether oxygens (including phenoxy) is 1. The van der Waals surface area contributed by atoms with Crippen molar-refractivity contribution in [1.82, 2.24) is 29.3 Å². The van der Waals surface area contributed by atoms with Crippen molar-refractivity contribution in [2.75, 3.05) is 52.1 Å². The minimum absolute atomic E-state index is 0.135. The summed E-state index contributed by atoms with van der Waals surface area (Å²) in [7, 11) is 1.68. The molecule has 0 aliphatic carbocycles. The second kappa shape index (κ2) is 11.3. The zero-order valence-corrected chi connectivity index (χ0v) is 21.8. The molecule has 4 rings (SSSR count). The zero-order valence-electron chi connectivity index (χ0n) is 21.1. The Morgan fingerprint density at radius 3 is 2.60 bits per heavy atom. The average molecular weight is 496 g/mol. The Labute approximate surface area is 212 Å². The third kappa shape index (κ3) is 5.69. The summed E-state index contributed by atoms with van der Waals surface area (Å²) in [6.07, 6.45) is 5.66. The SMILES string of the molecule is CCN1CCN(CCCC#Cc2cn(Cc3ncc(C)c(OC)c3C)c3nc(N)nc(Cl)c23)CC1. The number of methoxy groups -OCH3 is 1. The second-order valence-electron chi connectivity index (χ2n) is 8.97. The number of anilines is 1. The van der Waals surface area contributed by atoms with E-state index in [0.29, 0.717) is 17.3 Å². The molecule has 1 fully saturated rings. The number of piperazine rings is 1. The fourth-order valence-electron chi connectivity index (χ4n) is 4.64. The number of hydrogen-bond donors (Lipinski definition) is 1. The number of unbranched alkanes of at least 4 members (excludes halogenated alkanes) is 1. The van der Waals surface area contributed by atoms with E-state index in [2.05, 4.69) is 43.5 Å². The third-order valence-electron chi connectivity index (χ3n) is 6.67. The Morgan fingerprint density at radius 1 is 1.14 bits per heavy atom. The fourth-order valence-corrected chi connectivity index (χ4v) is 4.92. The number of likely N-dealkylation sites (N-methyl/N-ethyl adjacent to an activating group) is 1. The normalized spacial score (nSPS) is 14.8. The van der Waals surface area contributed by atoms with Crippen LogP contribution in [0.1, 0.15) is 42.1 Å². The van der Waals surface area contributed by atoms with E-state index in [4.69, 9.17) is 22.1 Å². The van der Waals surface area contributed by atoms with E-state index in [1.807, 2.05) is 30.8 Å². The van der Waals surface area contributed by atoms with Gasteiger partial charge in [-0.2, -0.15) is 4.98 Å². The molecule has 3 aromatic rings. The van der Waals surface area contributed by atoms with Crippen LogP contribution in [0, 0.1) is 25.7 Å².